The minimum Gasteiger partial charge on any atom is -0.481 e. The highest BCUT2D eigenvalue weighted by atomic mass is 16.5. The molecule has 2 bridgehead atoms. The van der Waals surface area contributed by atoms with Gasteiger partial charge in [-0.2, -0.15) is 0 Å². The van der Waals surface area contributed by atoms with Crippen LogP contribution in [-0.2, 0) is 20.7 Å². The third-order valence-electron chi connectivity index (χ3n) is 5.09. The van der Waals surface area contributed by atoms with E-state index in [1.54, 1.807) is 11.0 Å². The van der Waals surface area contributed by atoms with E-state index in [2.05, 4.69) is 6.07 Å². The summed E-state index contributed by atoms with van der Waals surface area (Å²) in [6, 6.07) is 6.08. The van der Waals surface area contributed by atoms with E-state index in [0.717, 1.165) is 24.1 Å². The number of carbonyl (C=O) groups excluding carboxylic acids is 1. The topological polar surface area (TPSA) is 66.8 Å². The van der Waals surface area contributed by atoms with Crippen LogP contribution >= 0.6 is 0 Å². The summed E-state index contributed by atoms with van der Waals surface area (Å²) in [5, 5.41) is 9.50. The van der Waals surface area contributed by atoms with Crippen molar-refractivity contribution < 1.29 is 19.4 Å². The standard InChI is InChI=1S/C18H19NO4/c1-10-4-5-12-11(9-10)3-2-8-19(12)17(20)15-13-6-7-14(23-13)16(15)18(21)22/h4-7,9,13-16H,2-3,8H2,1H3,(H,21,22)/t13-,14+,15-,16-/m0/s1. The first kappa shape index (κ1) is 14.5. The molecule has 4 atom stereocenters. The van der Waals surface area contributed by atoms with Crippen LogP contribution in [0.15, 0.2) is 30.4 Å². The summed E-state index contributed by atoms with van der Waals surface area (Å²) in [4.78, 5) is 26.5. The monoisotopic (exact) mass is 313 g/mol. The van der Waals surface area contributed by atoms with Gasteiger partial charge in [-0.1, -0.05) is 29.8 Å². The van der Waals surface area contributed by atoms with Crippen molar-refractivity contribution in [1.29, 1.82) is 0 Å². The number of nitrogens with zero attached hydrogens (tertiary/aromatic N) is 1. The van der Waals surface area contributed by atoms with Gasteiger partial charge in [0, 0.05) is 12.2 Å². The van der Waals surface area contributed by atoms with E-state index in [9.17, 15) is 14.7 Å². The average Bonchev–Trinajstić information content (AvgIpc) is 3.14. The van der Waals surface area contributed by atoms with Crippen LogP contribution < -0.4 is 4.90 Å². The van der Waals surface area contributed by atoms with Gasteiger partial charge in [0.25, 0.3) is 0 Å². The lowest BCUT2D eigenvalue weighted by molar-refractivity contribution is -0.146. The Morgan fingerprint density at radius 2 is 1.96 bits per heavy atom. The number of fused-ring (bicyclic) bond motifs is 3. The van der Waals surface area contributed by atoms with Crippen LogP contribution in [0.1, 0.15) is 17.5 Å². The number of amides is 1. The Bertz CT molecular complexity index is 711. The molecule has 0 radical (unpaired) electrons. The Morgan fingerprint density at radius 1 is 1.22 bits per heavy atom. The molecule has 23 heavy (non-hydrogen) atoms. The Morgan fingerprint density at radius 3 is 2.70 bits per heavy atom. The molecule has 5 heteroatoms. The van der Waals surface area contributed by atoms with Crippen LogP contribution in [-0.4, -0.2) is 35.7 Å². The lowest BCUT2D eigenvalue weighted by Crippen LogP contribution is -2.46. The van der Waals surface area contributed by atoms with Gasteiger partial charge >= 0.3 is 5.97 Å². The van der Waals surface area contributed by atoms with Gasteiger partial charge in [-0.25, -0.2) is 0 Å². The number of aryl methyl sites for hydroxylation is 2. The van der Waals surface area contributed by atoms with Crippen LogP contribution in [0.4, 0.5) is 5.69 Å². The highest BCUT2D eigenvalue weighted by Gasteiger charge is 2.54. The first-order valence-corrected chi connectivity index (χ1v) is 8.04. The molecule has 3 aliphatic rings. The third kappa shape index (κ3) is 2.18. The fourth-order valence-electron chi connectivity index (χ4n) is 4.03. The maximum atomic E-state index is 13.1. The predicted molar refractivity (Wildman–Crippen MR) is 84.3 cm³/mol. The minimum atomic E-state index is -0.957. The molecule has 1 fully saturated rings. The quantitative estimate of drug-likeness (QED) is 0.847. The normalized spacial score (nSPS) is 31.3. The lowest BCUT2D eigenvalue weighted by Gasteiger charge is -2.33. The second-order valence-electron chi connectivity index (χ2n) is 6.57. The molecule has 1 amide bonds. The van der Waals surface area contributed by atoms with Gasteiger partial charge in [-0.3, -0.25) is 9.59 Å². The Labute approximate surface area is 134 Å². The van der Waals surface area contributed by atoms with Crippen LogP contribution in [0.2, 0.25) is 0 Å². The summed E-state index contributed by atoms with van der Waals surface area (Å²) < 4.78 is 5.64. The molecule has 3 aliphatic heterocycles. The van der Waals surface area contributed by atoms with Crippen LogP contribution in [0.25, 0.3) is 0 Å². The molecule has 4 rings (SSSR count). The number of carbonyl (C=O) groups is 2. The Kier molecular flexibility index (Phi) is 3.27. The van der Waals surface area contributed by atoms with Gasteiger partial charge in [0.05, 0.1) is 18.1 Å². The number of carboxylic acid groups (broad SMARTS) is 1. The molecule has 0 aromatic heterocycles. The number of anilines is 1. The SMILES string of the molecule is Cc1ccc2c(c1)CCCN2C(=O)[C@@H]1[C@@H](C(=O)O)[C@H]2C=C[C@@H]1O2. The van der Waals surface area contributed by atoms with Gasteiger partial charge in [0.1, 0.15) is 5.92 Å². The Hall–Kier alpha value is -2.14. The molecule has 1 saturated heterocycles. The van der Waals surface area contributed by atoms with Crippen LogP contribution in [0.5, 0.6) is 0 Å². The number of carboxylic acids is 1. The van der Waals surface area contributed by atoms with Crippen molar-refractivity contribution in [3.05, 3.63) is 41.5 Å². The molecule has 1 N–H and O–H groups in total. The zero-order valence-corrected chi connectivity index (χ0v) is 12.9. The van der Waals surface area contributed by atoms with Gasteiger partial charge in [-0.15, -0.1) is 0 Å². The summed E-state index contributed by atoms with van der Waals surface area (Å²) in [7, 11) is 0. The smallest absolute Gasteiger partial charge is 0.310 e. The molecule has 0 aliphatic carbocycles. The maximum Gasteiger partial charge on any atom is 0.310 e. The van der Waals surface area contributed by atoms with Crippen LogP contribution in [0.3, 0.4) is 0 Å². The maximum absolute atomic E-state index is 13.1. The number of ether oxygens (including phenoxy) is 1. The van der Waals surface area contributed by atoms with E-state index < -0.39 is 30.0 Å². The molecule has 0 unspecified atom stereocenters. The second kappa shape index (κ2) is 5.20. The largest absolute Gasteiger partial charge is 0.481 e. The van der Waals surface area contributed by atoms with Gasteiger partial charge < -0.3 is 14.7 Å². The van der Waals surface area contributed by atoms with Crippen molar-refractivity contribution in [3.8, 4) is 0 Å². The summed E-state index contributed by atoms with van der Waals surface area (Å²) in [6.07, 6.45) is 4.55. The summed E-state index contributed by atoms with van der Waals surface area (Å²) in [5.74, 6) is -2.50. The molecular weight excluding hydrogens is 294 g/mol. The molecular formula is C18H19NO4. The van der Waals surface area contributed by atoms with E-state index in [4.69, 9.17) is 4.74 Å². The summed E-state index contributed by atoms with van der Waals surface area (Å²) in [5.41, 5.74) is 3.26. The van der Waals surface area contributed by atoms with Crippen molar-refractivity contribution >= 4 is 17.6 Å². The fourth-order valence-corrected chi connectivity index (χ4v) is 4.03. The third-order valence-corrected chi connectivity index (χ3v) is 5.09. The van der Waals surface area contributed by atoms with E-state index in [1.807, 2.05) is 25.1 Å². The van der Waals surface area contributed by atoms with E-state index in [0.29, 0.717) is 6.54 Å². The van der Waals surface area contributed by atoms with Crippen molar-refractivity contribution in [2.45, 2.75) is 32.0 Å². The summed E-state index contributed by atoms with van der Waals surface area (Å²) in [6.45, 7) is 2.68. The Balaban J connectivity index is 1.68. The van der Waals surface area contributed by atoms with Crippen molar-refractivity contribution in [3.63, 3.8) is 0 Å². The number of hydrogen-bond donors (Lipinski definition) is 1. The van der Waals surface area contributed by atoms with E-state index in [1.165, 1.54) is 5.56 Å². The zero-order valence-electron chi connectivity index (χ0n) is 12.9. The number of hydrogen-bond acceptors (Lipinski definition) is 3. The molecule has 1 aromatic rings. The molecule has 3 heterocycles. The fraction of sp³-hybridized carbons (Fsp3) is 0.444. The number of benzene rings is 1. The van der Waals surface area contributed by atoms with Crippen molar-refractivity contribution in [2.75, 3.05) is 11.4 Å². The number of aliphatic carboxylic acids is 1. The van der Waals surface area contributed by atoms with E-state index in [-0.39, 0.29) is 5.91 Å². The molecule has 1 aromatic carbocycles. The zero-order chi connectivity index (χ0) is 16.1. The average molecular weight is 313 g/mol. The predicted octanol–water partition coefficient (Wildman–Crippen LogP) is 1.93. The molecule has 120 valence electrons. The van der Waals surface area contributed by atoms with Crippen LogP contribution in [0, 0.1) is 18.8 Å². The summed E-state index contributed by atoms with van der Waals surface area (Å²) >= 11 is 0. The first-order chi connectivity index (χ1) is 11.1. The van der Waals surface area contributed by atoms with E-state index >= 15 is 0 Å². The van der Waals surface area contributed by atoms with Gasteiger partial charge in [0.15, 0.2) is 0 Å². The molecule has 5 nitrogen and oxygen atoms in total. The molecule has 0 spiro atoms. The first-order valence-electron chi connectivity index (χ1n) is 8.04. The van der Waals surface area contributed by atoms with Gasteiger partial charge in [-0.05, 0) is 31.4 Å². The highest BCUT2D eigenvalue weighted by Crippen LogP contribution is 2.41. The number of rotatable bonds is 2. The highest BCUT2D eigenvalue weighted by molar-refractivity contribution is 5.99. The lowest BCUT2D eigenvalue weighted by atomic mass is 9.81. The van der Waals surface area contributed by atoms with Crippen molar-refractivity contribution in [2.24, 2.45) is 11.8 Å². The van der Waals surface area contributed by atoms with Gasteiger partial charge in [0.2, 0.25) is 5.91 Å². The second-order valence-corrected chi connectivity index (χ2v) is 6.57. The molecule has 0 saturated carbocycles. The minimum absolute atomic E-state index is 0.126. The van der Waals surface area contributed by atoms with Crippen molar-refractivity contribution in [1.82, 2.24) is 0 Å².